The molecule has 33 heavy (non-hydrogen) atoms. The maximum atomic E-state index is 13.3. The van der Waals surface area contributed by atoms with Crippen LogP contribution in [0.5, 0.6) is 0 Å². The largest absolute Gasteiger partial charge is 0.384 e. The van der Waals surface area contributed by atoms with E-state index in [4.69, 9.17) is 11.5 Å². The van der Waals surface area contributed by atoms with Gasteiger partial charge in [0.25, 0.3) is 0 Å². The summed E-state index contributed by atoms with van der Waals surface area (Å²) in [5.41, 5.74) is 14.0. The van der Waals surface area contributed by atoms with Crippen molar-refractivity contribution in [3.63, 3.8) is 0 Å². The number of rotatable bonds is 6. The summed E-state index contributed by atoms with van der Waals surface area (Å²) in [5, 5.41) is 0.787. The molecule has 2 aromatic heterocycles. The number of carbonyl (C=O) groups excluding carboxylic acids is 2. The highest BCUT2D eigenvalue weighted by atomic mass is 16.2. The van der Waals surface area contributed by atoms with Gasteiger partial charge in [-0.1, -0.05) is 19.4 Å². The molecular formula is C24H27N7O2. The summed E-state index contributed by atoms with van der Waals surface area (Å²) in [6.45, 7) is 3.40. The smallest absolute Gasteiger partial charge is 0.247 e. The maximum Gasteiger partial charge on any atom is 0.247 e. The second kappa shape index (κ2) is 9.64. The number of aromatic nitrogens is 3. The van der Waals surface area contributed by atoms with E-state index in [1.54, 1.807) is 29.3 Å². The number of anilines is 2. The van der Waals surface area contributed by atoms with Gasteiger partial charge in [-0.3, -0.25) is 9.59 Å². The summed E-state index contributed by atoms with van der Waals surface area (Å²) in [7, 11) is 0. The zero-order valence-electron chi connectivity index (χ0n) is 18.5. The number of carbonyl (C=O) groups is 2. The van der Waals surface area contributed by atoms with Crippen molar-refractivity contribution in [2.45, 2.75) is 32.4 Å². The number of hydrogen-bond donors (Lipinski definition) is 2. The van der Waals surface area contributed by atoms with E-state index >= 15 is 0 Å². The zero-order chi connectivity index (χ0) is 23.4. The molecule has 0 aliphatic carbocycles. The summed E-state index contributed by atoms with van der Waals surface area (Å²) in [5.74, 6) is 0.628. The van der Waals surface area contributed by atoms with Crippen LogP contribution >= 0.6 is 0 Å². The number of piperazine rings is 1. The lowest BCUT2D eigenvalue weighted by molar-refractivity contribution is -0.150. The normalized spacial score (nSPS) is 16.6. The fraction of sp³-hybridized carbons (Fsp3) is 0.292. The minimum atomic E-state index is -0.483. The molecule has 1 aliphatic heterocycles. The van der Waals surface area contributed by atoms with Gasteiger partial charge >= 0.3 is 0 Å². The van der Waals surface area contributed by atoms with Crippen LogP contribution in [-0.4, -0.2) is 55.7 Å². The minimum Gasteiger partial charge on any atom is -0.384 e. The van der Waals surface area contributed by atoms with E-state index in [2.05, 4.69) is 15.0 Å². The van der Waals surface area contributed by atoms with Crippen LogP contribution in [0.2, 0.25) is 0 Å². The van der Waals surface area contributed by atoms with Gasteiger partial charge in [0.1, 0.15) is 24.0 Å². The molecule has 3 heterocycles. The number of fused-ring (bicyclic) bond motifs is 1. The Balaban J connectivity index is 1.48. The SMILES string of the molecule is CCC[C@H]1C(=O)N(Cc2ccc3c(N)ncnc3c2)CCN1C(=O)C=Cc1ccc(N)nc1. The van der Waals surface area contributed by atoms with Crippen LogP contribution < -0.4 is 11.5 Å². The number of benzene rings is 1. The van der Waals surface area contributed by atoms with Gasteiger partial charge in [-0.2, -0.15) is 0 Å². The van der Waals surface area contributed by atoms with Crippen molar-refractivity contribution >= 4 is 40.4 Å². The average Bonchev–Trinajstić information content (AvgIpc) is 2.81. The molecule has 0 spiro atoms. The molecule has 2 amide bonds. The molecule has 4 N–H and O–H groups in total. The first-order valence-corrected chi connectivity index (χ1v) is 10.9. The first-order chi connectivity index (χ1) is 16.0. The summed E-state index contributed by atoms with van der Waals surface area (Å²) >= 11 is 0. The van der Waals surface area contributed by atoms with Gasteiger partial charge in [0, 0.05) is 37.3 Å². The number of amides is 2. The molecule has 1 aliphatic rings. The molecule has 0 saturated carbocycles. The standard InChI is InChI=1S/C24H27N7O2/c1-2-3-20-24(33)30(14-17-4-7-18-19(12-17)28-15-29-23(18)26)10-11-31(20)22(32)9-6-16-5-8-21(25)27-13-16/h4-9,12-13,15,20H,2-3,10-11,14H2,1H3,(H2,25,27)(H2,26,28,29)/t20-/m0/s1. The molecule has 4 rings (SSSR count). The van der Waals surface area contributed by atoms with Crippen molar-refractivity contribution in [1.82, 2.24) is 24.8 Å². The highest BCUT2D eigenvalue weighted by Gasteiger charge is 2.36. The van der Waals surface area contributed by atoms with Crippen LogP contribution in [0.1, 0.15) is 30.9 Å². The third-order valence-corrected chi connectivity index (χ3v) is 5.76. The number of nitrogens with two attached hydrogens (primary N) is 2. The van der Waals surface area contributed by atoms with Crippen LogP contribution in [0.25, 0.3) is 17.0 Å². The average molecular weight is 446 g/mol. The predicted octanol–water partition coefficient (Wildman–Crippen LogP) is 2.24. The molecule has 1 aromatic carbocycles. The number of nitrogen functional groups attached to an aromatic ring is 2. The van der Waals surface area contributed by atoms with E-state index in [1.807, 2.05) is 30.0 Å². The van der Waals surface area contributed by atoms with Crippen LogP contribution in [0, 0.1) is 0 Å². The molecule has 0 unspecified atom stereocenters. The Morgan fingerprint density at radius 1 is 1.15 bits per heavy atom. The van der Waals surface area contributed by atoms with Gasteiger partial charge in [0.05, 0.1) is 5.52 Å². The lowest BCUT2D eigenvalue weighted by Gasteiger charge is -2.40. The van der Waals surface area contributed by atoms with Crippen LogP contribution in [-0.2, 0) is 16.1 Å². The van der Waals surface area contributed by atoms with E-state index in [1.165, 1.54) is 12.4 Å². The Kier molecular flexibility index (Phi) is 6.48. The molecule has 170 valence electrons. The van der Waals surface area contributed by atoms with Crippen molar-refractivity contribution in [3.05, 3.63) is 60.1 Å². The first-order valence-electron chi connectivity index (χ1n) is 10.9. The molecule has 0 bridgehead atoms. The monoisotopic (exact) mass is 445 g/mol. The van der Waals surface area contributed by atoms with Crippen LogP contribution in [0.3, 0.4) is 0 Å². The first kappa shape index (κ1) is 22.2. The second-order valence-corrected chi connectivity index (χ2v) is 8.06. The Morgan fingerprint density at radius 2 is 2.00 bits per heavy atom. The number of pyridine rings is 1. The Morgan fingerprint density at radius 3 is 2.76 bits per heavy atom. The lowest BCUT2D eigenvalue weighted by Crippen LogP contribution is -2.58. The van der Waals surface area contributed by atoms with Crippen molar-refractivity contribution in [2.24, 2.45) is 0 Å². The summed E-state index contributed by atoms with van der Waals surface area (Å²) in [6, 6.07) is 8.73. The van der Waals surface area contributed by atoms with Crippen molar-refractivity contribution in [2.75, 3.05) is 24.6 Å². The lowest BCUT2D eigenvalue weighted by atomic mass is 10.0. The topological polar surface area (TPSA) is 131 Å². The van der Waals surface area contributed by atoms with Gasteiger partial charge < -0.3 is 21.3 Å². The summed E-state index contributed by atoms with van der Waals surface area (Å²) in [4.78, 5) is 42.0. The predicted molar refractivity (Wildman–Crippen MR) is 127 cm³/mol. The van der Waals surface area contributed by atoms with Crippen LogP contribution in [0.15, 0.2) is 48.9 Å². The highest BCUT2D eigenvalue weighted by Crippen LogP contribution is 2.22. The molecule has 1 fully saturated rings. The molecular weight excluding hydrogens is 418 g/mol. The zero-order valence-corrected chi connectivity index (χ0v) is 18.5. The van der Waals surface area contributed by atoms with Gasteiger partial charge in [0.15, 0.2) is 0 Å². The van der Waals surface area contributed by atoms with Crippen LogP contribution in [0.4, 0.5) is 11.6 Å². The van der Waals surface area contributed by atoms with Crippen molar-refractivity contribution < 1.29 is 9.59 Å². The second-order valence-electron chi connectivity index (χ2n) is 8.06. The van der Waals surface area contributed by atoms with E-state index in [0.29, 0.717) is 37.7 Å². The molecule has 9 heteroatoms. The Hall–Kier alpha value is -4.01. The van der Waals surface area contributed by atoms with Crippen molar-refractivity contribution in [1.29, 1.82) is 0 Å². The molecule has 1 atom stereocenters. The third-order valence-electron chi connectivity index (χ3n) is 5.76. The summed E-state index contributed by atoms with van der Waals surface area (Å²) < 4.78 is 0. The Labute approximate surface area is 192 Å². The maximum absolute atomic E-state index is 13.3. The summed E-state index contributed by atoms with van der Waals surface area (Å²) in [6.07, 6.45) is 7.63. The van der Waals surface area contributed by atoms with Gasteiger partial charge in [-0.15, -0.1) is 0 Å². The van der Waals surface area contributed by atoms with Crippen molar-refractivity contribution in [3.8, 4) is 0 Å². The van der Waals surface area contributed by atoms with E-state index in [0.717, 1.165) is 28.5 Å². The third kappa shape index (κ3) is 4.92. The Bertz CT molecular complexity index is 1190. The van der Waals surface area contributed by atoms with Gasteiger partial charge in [0.2, 0.25) is 11.8 Å². The number of nitrogens with zero attached hydrogens (tertiary/aromatic N) is 5. The van der Waals surface area contributed by atoms with E-state index < -0.39 is 6.04 Å². The fourth-order valence-electron chi connectivity index (χ4n) is 4.03. The van der Waals surface area contributed by atoms with E-state index in [-0.39, 0.29) is 11.8 Å². The molecule has 9 nitrogen and oxygen atoms in total. The molecule has 0 radical (unpaired) electrons. The minimum absolute atomic E-state index is 0.0405. The van der Waals surface area contributed by atoms with E-state index in [9.17, 15) is 9.59 Å². The highest BCUT2D eigenvalue weighted by molar-refractivity contribution is 5.96. The van der Waals surface area contributed by atoms with Gasteiger partial charge in [-0.25, -0.2) is 15.0 Å². The number of hydrogen-bond acceptors (Lipinski definition) is 7. The fourth-order valence-corrected chi connectivity index (χ4v) is 4.03. The molecule has 1 saturated heterocycles. The van der Waals surface area contributed by atoms with Gasteiger partial charge in [-0.05, 0) is 47.9 Å². The molecule has 3 aromatic rings. The quantitative estimate of drug-likeness (QED) is 0.556.